The number of piperidine rings is 1. The van der Waals surface area contributed by atoms with Crippen molar-refractivity contribution >= 4 is 11.9 Å². The molecule has 1 aromatic carbocycles. The summed E-state index contributed by atoms with van der Waals surface area (Å²) >= 11 is 0. The molecule has 0 saturated carbocycles. The highest BCUT2D eigenvalue weighted by Gasteiger charge is 2.43. The smallest absolute Gasteiger partial charge is 0.491 e. The molecule has 1 atom stereocenters. The number of alkyl halides is 3. The third-order valence-corrected chi connectivity index (χ3v) is 3.94. The van der Waals surface area contributed by atoms with E-state index in [1.165, 1.54) is 19.2 Å². The quantitative estimate of drug-likeness (QED) is 0.468. The van der Waals surface area contributed by atoms with Crippen molar-refractivity contribution in [3.8, 4) is 5.75 Å². The minimum Gasteiger partial charge on any atom is -0.496 e. The standard InChI is InChI=1S/C16H17F4NO4/c1-24-13-6-2-5-12(17)11(13)9-21-7-3-4-10(8-21)14(22)25-15(23)16(18,19)20/h2,5-6,10H,3-4,7-9H2,1H3. The topological polar surface area (TPSA) is 55.8 Å². The van der Waals surface area contributed by atoms with Crippen LogP contribution in [0.5, 0.6) is 5.75 Å². The number of likely N-dealkylation sites (tertiary alicyclic amines) is 1. The molecule has 1 heterocycles. The average molecular weight is 363 g/mol. The number of hydrogen-bond donors (Lipinski definition) is 0. The fraction of sp³-hybridized carbons (Fsp3) is 0.500. The van der Waals surface area contributed by atoms with Crippen molar-refractivity contribution in [2.24, 2.45) is 5.92 Å². The Balaban J connectivity index is 2.02. The maximum absolute atomic E-state index is 14.0. The summed E-state index contributed by atoms with van der Waals surface area (Å²) in [5.41, 5.74) is 0.297. The van der Waals surface area contributed by atoms with Crippen LogP contribution >= 0.6 is 0 Å². The second kappa shape index (κ2) is 7.81. The van der Waals surface area contributed by atoms with E-state index in [-0.39, 0.29) is 13.1 Å². The number of benzene rings is 1. The number of nitrogens with zero attached hydrogens (tertiary/aromatic N) is 1. The van der Waals surface area contributed by atoms with Gasteiger partial charge in [0, 0.05) is 18.7 Å². The molecule has 138 valence electrons. The van der Waals surface area contributed by atoms with Gasteiger partial charge in [-0.15, -0.1) is 0 Å². The highest BCUT2D eigenvalue weighted by atomic mass is 19.4. The van der Waals surface area contributed by atoms with E-state index in [0.29, 0.717) is 30.7 Å². The number of halogens is 4. The molecule has 0 aliphatic carbocycles. The van der Waals surface area contributed by atoms with Crippen LogP contribution in [-0.4, -0.2) is 43.2 Å². The van der Waals surface area contributed by atoms with Crippen molar-refractivity contribution in [3.05, 3.63) is 29.6 Å². The Morgan fingerprint density at radius 3 is 2.68 bits per heavy atom. The fourth-order valence-corrected chi connectivity index (χ4v) is 2.73. The van der Waals surface area contributed by atoms with E-state index < -0.39 is 29.9 Å². The van der Waals surface area contributed by atoms with Gasteiger partial charge in [0.05, 0.1) is 13.0 Å². The molecule has 1 aromatic rings. The zero-order valence-electron chi connectivity index (χ0n) is 13.4. The average Bonchev–Trinajstić information content (AvgIpc) is 2.56. The molecule has 1 fully saturated rings. The Morgan fingerprint density at radius 2 is 2.04 bits per heavy atom. The maximum Gasteiger partial charge on any atom is 0.491 e. The Morgan fingerprint density at radius 1 is 1.32 bits per heavy atom. The van der Waals surface area contributed by atoms with Gasteiger partial charge in [-0.1, -0.05) is 6.07 Å². The van der Waals surface area contributed by atoms with Crippen LogP contribution in [0.15, 0.2) is 18.2 Å². The summed E-state index contributed by atoms with van der Waals surface area (Å²) in [6, 6.07) is 4.36. The largest absolute Gasteiger partial charge is 0.496 e. The molecule has 0 aromatic heterocycles. The number of carbonyl (C=O) groups is 2. The Bertz CT molecular complexity index is 648. The first-order chi connectivity index (χ1) is 11.7. The van der Waals surface area contributed by atoms with Crippen LogP contribution in [-0.2, 0) is 20.9 Å². The first-order valence-electron chi connectivity index (χ1n) is 7.59. The number of esters is 2. The predicted octanol–water partition coefficient (Wildman–Crippen LogP) is 2.68. The highest BCUT2D eigenvalue weighted by molar-refractivity contribution is 5.89. The van der Waals surface area contributed by atoms with Crippen molar-refractivity contribution in [3.63, 3.8) is 0 Å². The monoisotopic (exact) mass is 363 g/mol. The molecular formula is C16H17F4NO4. The van der Waals surface area contributed by atoms with Gasteiger partial charge in [-0.2, -0.15) is 13.2 Å². The summed E-state index contributed by atoms with van der Waals surface area (Å²) in [6.07, 6.45) is -4.41. The van der Waals surface area contributed by atoms with E-state index in [0.717, 1.165) is 0 Å². The number of ether oxygens (including phenoxy) is 2. The lowest BCUT2D eigenvalue weighted by Crippen LogP contribution is -2.40. The lowest BCUT2D eigenvalue weighted by atomic mass is 9.97. The molecule has 0 radical (unpaired) electrons. The van der Waals surface area contributed by atoms with E-state index in [2.05, 4.69) is 4.74 Å². The minimum absolute atomic E-state index is 0.0709. The normalized spacial score (nSPS) is 18.7. The second-order valence-corrected chi connectivity index (χ2v) is 5.70. The Kier molecular flexibility index (Phi) is 5.99. The predicted molar refractivity (Wildman–Crippen MR) is 78.1 cm³/mol. The SMILES string of the molecule is COc1cccc(F)c1CN1CCCC(C(=O)OC(=O)C(F)(F)F)C1. The molecule has 1 aliphatic heterocycles. The van der Waals surface area contributed by atoms with E-state index in [9.17, 15) is 27.2 Å². The van der Waals surface area contributed by atoms with Crippen LogP contribution in [0.4, 0.5) is 17.6 Å². The van der Waals surface area contributed by atoms with Crippen LogP contribution in [0.2, 0.25) is 0 Å². The van der Waals surface area contributed by atoms with Crippen molar-refractivity contribution in [2.45, 2.75) is 25.6 Å². The molecular weight excluding hydrogens is 346 g/mol. The van der Waals surface area contributed by atoms with Gasteiger partial charge in [0.2, 0.25) is 0 Å². The van der Waals surface area contributed by atoms with Crippen LogP contribution in [0.1, 0.15) is 18.4 Å². The third-order valence-electron chi connectivity index (χ3n) is 3.94. The van der Waals surface area contributed by atoms with Gasteiger partial charge in [-0.05, 0) is 31.5 Å². The van der Waals surface area contributed by atoms with Crippen molar-refractivity contribution in [1.82, 2.24) is 4.90 Å². The molecule has 1 aliphatic rings. The molecule has 2 rings (SSSR count). The lowest BCUT2D eigenvalue weighted by Gasteiger charge is -2.31. The summed E-state index contributed by atoms with van der Waals surface area (Å²) in [6.45, 7) is 0.739. The van der Waals surface area contributed by atoms with E-state index in [1.54, 1.807) is 11.0 Å². The van der Waals surface area contributed by atoms with Gasteiger partial charge in [0.15, 0.2) is 0 Å². The lowest BCUT2D eigenvalue weighted by molar-refractivity contribution is -0.203. The molecule has 0 spiro atoms. The summed E-state index contributed by atoms with van der Waals surface area (Å²) in [5.74, 6) is -4.75. The molecule has 0 N–H and O–H groups in total. The molecule has 1 saturated heterocycles. The summed E-state index contributed by atoms with van der Waals surface area (Å²) in [4.78, 5) is 24.3. The fourth-order valence-electron chi connectivity index (χ4n) is 2.73. The number of rotatable bonds is 4. The molecule has 1 unspecified atom stereocenters. The molecule has 25 heavy (non-hydrogen) atoms. The van der Waals surface area contributed by atoms with E-state index >= 15 is 0 Å². The van der Waals surface area contributed by atoms with Gasteiger partial charge >= 0.3 is 18.1 Å². The third kappa shape index (κ3) is 4.91. The van der Waals surface area contributed by atoms with E-state index in [1.807, 2.05) is 0 Å². The molecule has 5 nitrogen and oxygen atoms in total. The summed E-state index contributed by atoms with van der Waals surface area (Å²) in [7, 11) is 1.40. The van der Waals surface area contributed by atoms with Crippen molar-refractivity contribution in [1.29, 1.82) is 0 Å². The van der Waals surface area contributed by atoms with Crippen LogP contribution in [0.25, 0.3) is 0 Å². The van der Waals surface area contributed by atoms with Gasteiger partial charge in [-0.25, -0.2) is 9.18 Å². The summed E-state index contributed by atoms with van der Waals surface area (Å²) < 4.78 is 59.5. The van der Waals surface area contributed by atoms with Gasteiger partial charge in [-0.3, -0.25) is 9.69 Å². The van der Waals surface area contributed by atoms with Gasteiger partial charge in [0.25, 0.3) is 0 Å². The number of hydrogen-bond acceptors (Lipinski definition) is 5. The zero-order valence-corrected chi connectivity index (χ0v) is 13.4. The number of methoxy groups -OCH3 is 1. The molecule has 0 bridgehead atoms. The Labute approximate surface area is 141 Å². The molecule has 0 amide bonds. The number of carbonyl (C=O) groups excluding carboxylic acids is 2. The first kappa shape index (κ1) is 19.2. The van der Waals surface area contributed by atoms with Gasteiger partial charge < -0.3 is 9.47 Å². The van der Waals surface area contributed by atoms with Crippen molar-refractivity contribution < 1.29 is 36.6 Å². The Hall–Kier alpha value is -2.16. The zero-order chi connectivity index (χ0) is 18.6. The summed E-state index contributed by atoms with van der Waals surface area (Å²) in [5, 5.41) is 0. The highest BCUT2D eigenvalue weighted by Crippen LogP contribution is 2.26. The van der Waals surface area contributed by atoms with E-state index in [4.69, 9.17) is 4.74 Å². The minimum atomic E-state index is -5.22. The van der Waals surface area contributed by atoms with Crippen LogP contribution in [0, 0.1) is 11.7 Å². The van der Waals surface area contributed by atoms with Crippen LogP contribution in [0.3, 0.4) is 0 Å². The first-order valence-corrected chi connectivity index (χ1v) is 7.59. The van der Waals surface area contributed by atoms with Crippen LogP contribution < -0.4 is 4.74 Å². The second-order valence-electron chi connectivity index (χ2n) is 5.70. The van der Waals surface area contributed by atoms with Gasteiger partial charge in [0.1, 0.15) is 11.6 Å². The maximum atomic E-state index is 14.0. The molecule has 9 heteroatoms. The van der Waals surface area contributed by atoms with Crippen molar-refractivity contribution in [2.75, 3.05) is 20.2 Å².